The molecule has 32 heavy (non-hydrogen) atoms. The maximum Gasteiger partial charge on any atom is 0.255 e. The van der Waals surface area contributed by atoms with Crippen molar-refractivity contribution in [3.05, 3.63) is 82.2 Å². The number of carbonyl (C=O) groups is 1. The predicted octanol–water partition coefficient (Wildman–Crippen LogP) is 3.63. The van der Waals surface area contributed by atoms with E-state index in [0.29, 0.717) is 24.5 Å². The van der Waals surface area contributed by atoms with Gasteiger partial charge in [0.05, 0.1) is 30.0 Å². The first-order valence-electron chi connectivity index (χ1n) is 10.9. The highest BCUT2D eigenvalue weighted by Crippen LogP contribution is 2.22. The summed E-state index contributed by atoms with van der Waals surface area (Å²) in [5.74, 6) is 1.09. The van der Waals surface area contributed by atoms with Crippen molar-refractivity contribution in [1.29, 1.82) is 0 Å². The van der Waals surface area contributed by atoms with Crippen LogP contribution in [-0.2, 0) is 24.4 Å². The third-order valence-electron chi connectivity index (χ3n) is 5.74. The topological polar surface area (TPSA) is 76.8 Å². The van der Waals surface area contributed by atoms with Crippen LogP contribution in [0.3, 0.4) is 0 Å². The number of hydrogen-bond acceptors (Lipinski definition) is 6. The largest absolute Gasteiger partial charge is 0.488 e. The SMILES string of the molecule is Cc1noc(C)c1COc1ccccc1C(=O)NCc1ccccc1CN1CCOCC1. The van der Waals surface area contributed by atoms with E-state index in [2.05, 4.69) is 27.5 Å². The predicted molar refractivity (Wildman–Crippen MR) is 120 cm³/mol. The van der Waals surface area contributed by atoms with Crippen LogP contribution in [0.15, 0.2) is 53.1 Å². The Morgan fingerprint density at radius 1 is 1.06 bits per heavy atom. The molecule has 3 aromatic rings. The highest BCUT2D eigenvalue weighted by atomic mass is 16.5. The van der Waals surface area contributed by atoms with Crippen LogP contribution in [0.4, 0.5) is 0 Å². The van der Waals surface area contributed by atoms with Crippen molar-refractivity contribution in [2.24, 2.45) is 0 Å². The van der Waals surface area contributed by atoms with Crippen molar-refractivity contribution >= 4 is 5.91 Å². The van der Waals surface area contributed by atoms with Crippen molar-refractivity contribution in [2.45, 2.75) is 33.5 Å². The van der Waals surface area contributed by atoms with E-state index in [1.807, 2.05) is 38.1 Å². The highest BCUT2D eigenvalue weighted by molar-refractivity contribution is 5.96. The van der Waals surface area contributed by atoms with Crippen molar-refractivity contribution < 1.29 is 18.8 Å². The summed E-state index contributed by atoms with van der Waals surface area (Å²) in [5, 5.41) is 7.01. The fraction of sp³-hybridized carbons (Fsp3) is 0.360. The highest BCUT2D eigenvalue weighted by Gasteiger charge is 2.16. The van der Waals surface area contributed by atoms with Crippen LogP contribution in [0.5, 0.6) is 5.75 Å². The lowest BCUT2D eigenvalue weighted by Crippen LogP contribution is -2.36. The number of nitrogens with zero attached hydrogens (tertiary/aromatic N) is 2. The Morgan fingerprint density at radius 2 is 1.78 bits per heavy atom. The van der Waals surface area contributed by atoms with Gasteiger partial charge in [-0.15, -0.1) is 0 Å². The molecular weight excluding hydrogens is 406 g/mol. The summed E-state index contributed by atoms with van der Waals surface area (Å²) in [6.45, 7) is 8.73. The van der Waals surface area contributed by atoms with Crippen LogP contribution >= 0.6 is 0 Å². The zero-order chi connectivity index (χ0) is 22.3. The number of benzene rings is 2. The van der Waals surface area contributed by atoms with E-state index in [9.17, 15) is 4.79 Å². The molecule has 4 rings (SSSR count). The van der Waals surface area contributed by atoms with Gasteiger partial charge in [0.1, 0.15) is 18.1 Å². The molecule has 1 aromatic heterocycles. The fourth-order valence-corrected chi connectivity index (χ4v) is 3.79. The molecule has 0 unspecified atom stereocenters. The summed E-state index contributed by atoms with van der Waals surface area (Å²) < 4.78 is 16.6. The minimum Gasteiger partial charge on any atom is -0.488 e. The number of morpholine rings is 1. The average molecular weight is 436 g/mol. The summed E-state index contributed by atoms with van der Waals surface area (Å²) in [7, 11) is 0. The second kappa shape index (κ2) is 10.4. The second-order valence-electron chi connectivity index (χ2n) is 7.93. The van der Waals surface area contributed by atoms with Gasteiger partial charge in [0.25, 0.3) is 5.91 Å². The Balaban J connectivity index is 1.41. The molecule has 1 saturated heterocycles. The number of nitrogens with one attached hydrogen (secondary N) is 1. The van der Waals surface area contributed by atoms with E-state index in [1.165, 1.54) is 5.56 Å². The zero-order valence-electron chi connectivity index (χ0n) is 18.6. The van der Waals surface area contributed by atoms with Crippen molar-refractivity contribution in [3.8, 4) is 5.75 Å². The zero-order valence-corrected chi connectivity index (χ0v) is 18.6. The van der Waals surface area contributed by atoms with E-state index in [1.54, 1.807) is 12.1 Å². The number of para-hydroxylation sites is 1. The molecule has 1 aliphatic rings. The lowest BCUT2D eigenvalue weighted by molar-refractivity contribution is 0.0340. The number of amides is 1. The second-order valence-corrected chi connectivity index (χ2v) is 7.93. The Kier molecular flexibility index (Phi) is 7.19. The van der Waals surface area contributed by atoms with Crippen LogP contribution in [-0.4, -0.2) is 42.3 Å². The quantitative estimate of drug-likeness (QED) is 0.582. The van der Waals surface area contributed by atoms with Crippen LogP contribution < -0.4 is 10.1 Å². The number of hydrogen-bond donors (Lipinski definition) is 1. The Hall–Kier alpha value is -3.16. The molecule has 7 nitrogen and oxygen atoms in total. The molecule has 0 aliphatic carbocycles. The summed E-state index contributed by atoms with van der Waals surface area (Å²) in [4.78, 5) is 15.4. The Labute approximate surface area is 188 Å². The average Bonchev–Trinajstić information content (AvgIpc) is 3.15. The summed E-state index contributed by atoms with van der Waals surface area (Å²) in [6, 6.07) is 15.5. The van der Waals surface area contributed by atoms with E-state index in [0.717, 1.165) is 55.4 Å². The van der Waals surface area contributed by atoms with Gasteiger partial charge in [0.15, 0.2) is 0 Å². The fourth-order valence-electron chi connectivity index (χ4n) is 3.79. The monoisotopic (exact) mass is 435 g/mol. The van der Waals surface area contributed by atoms with Gasteiger partial charge in [-0.05, 0) is 37.1 Å². The van der Waals surface area contributed by atoms with Gasteiger partial charge in [-0.3, -0.25) is 9.69 Å². The molecule has 168 valence electrons. The van der Waals surface area contributed by atoms with Gasteiger partial charge in [-0.1, -0.05) is 41.6 Å². The Morgan fingerprint density at radius 3 is 2.53 bits per heavy atom. The number of carbonyl (C=O) groups excluding carboxylic acids is 1. The lowest BCUT2D eigenvalue weighted by Gasteiger charge is -2.27. The van der Waals surface area contributed by atoms with Gasteiger partial charge >= 0.3 is 0 Å². The molecule has 0 atom stereocenters. The molecule has 1 fully saturated rings. The third kappa shape index (κ3) is 5.36. The van der Waals surface area contributed by atoms with E-state index < -0.39 is 0 Å². The van der Waals surface area contributed by atoms with Gasteiger partial charge in [0.2, 0.25) is 0 Å². The van der Waals surface area contributed by atoms with E-state index in [-0.39, 0.29) is 5.91 Å². The van der Waals surface area contributed by atoms with Crippen molar-refractivity contribution in [3.63, 3.8) is 0 Å². The van der Waals surface area contributed by atoms with Crippen LogP contribution in [0.25, 0.3) is 0 Å². The Bertz CT molecular complexity index is 1040. The summed E-state index contributed by atoms with van der Waals surface area (Å²) in [6.07, 6.45) is 0. The molecule has 0 saturated carbocycles. The van der Waals surface area contributed by atoms with Gasteiger partial charge < -0.3 is 19.3 Å². The lowest BCUT2D eigenvalue weighted by atomic mass is 10.1. The van der Waals surface area contributed by atoms with Crippen molar-refractivity contribution in [2.75, 3.05) is 26.3 Å². The number of aryl methyl sites for hydroxylation is 2. The van der Waals surface area contributed by atoms with Gasteiger partial charge in [-0.2, -0.15) is 0 Å². The molecule has 1 N–H and O–H groups in total. The smallest absolute Gasteiger partial charge is 0.255 e. The van der Waals surface area contributed by atoms with Gasteiger partial charge in [0, 0.05) is 26.2 Å². The maximum atomic E-state index is 13.0. The summed E-state index contributed by atoms with van der Waals surface area (Å²) in [5.41, 5.74) is 4.53. The van der Waals surface area contributed by atoms with E-state index in [4.69, 9.17) is 14.0 Å². The minimum absolute atomic E-state index is 0.166. The van der Waals surface area contributed by atoms with Crippen LogP contribution in [0, 0.1) is 13.8 Å². The molecule has 1 amide bonds. The molecular formula is C25H29N3O4. The number of rotatable bonds is 8. The molecule has 2 heterocycles. The molecule has 7 heteroatoms. The first-order chi connectivity index (χ1) is 15.6. The number of aromatic nitrogens is 1. The molecule has 1 aliphatic heterocycles. The molecule has 0 radical (unpaired) electrons. The van der Waals surface area contributed by atoms with E-state index >= 15 is 0 Å². The van der Waals surface area contributed by atoms with Crippen molar-refractivity contribution in [1.82, 2.24) is 15.4 Å². The number of ether oxygens (including phenoxy) is 2. The standard InChI is InChI=1S/C25H29N3O4/c1-18-23(19(2)32-27-18)17-31-24-10-6-5-9-22(24)25(29)26-15-20-7-3-4-8-21(20)16-28-11-13-30-14-12-28/h3-10H,11-17H2,1-2H3,(H,26,29). The maximum absolute atomic E-state index is 13.0. The van der Waals surface area contributed by atoms with Crippen LogP contribution in [0.1, 0.15) is 38.5 Å². The van der Waals surface area contributed by atoms with Gasteiger partial charge in [-0.25, -0.2) is 0 Å². The third-order valence-corrected chi connectivity index (χ3v) is 5.74. The van der Waals surface area contributed by atoms with Crippen LogP contribution in [0.2, 0.25) is 0 Å². The molecule has 2 aromatic carbocycles. The normalized spacial score (nSPS) is 14.3. The molecule has 0 bridgehead atoms. The summed E-state index contributed by atoms with van der Waals surface area (Å²) >= 11 is 0. The first kappa shape index (κ1) is 22.0. The molecule has 0 spiro atoms. The minimum atomic E-state index is -0.166. The first-order valence-corrected chi connectivity index (χ1v) is 10.9.